The van der Waals surface area contributed by atoms with Crippen LogP contribution < -0.4 is 5.32 Å². The van der Waals surface area contributed by atoms with Gasteiger partial charge in [-0.25, -0.2) is 0 Å². The predicted octanol–water partition coefficient (Wildman–Crippen LogP) is 2.38. The smallest absolute Gasteiger partial charge is 0.251 e. The lowest BCUT2D eigenvalue weighted by Crippen LogP contribution is -2.27. The van der Waals surface area contributed by atoms with Gasteiger partial charge in [0, 0.05) is 18.3 Å². The van der Waals surface area contributed by atoms with Crippen molar-refractivity contribution in [1.82, 2.24) is 15.1 Å². The van der Waals surface area contributed by atoms with E-state index in [-0.39, 0.29) is 5.91 Å². The molecule has 0 unspecified atom stereocenters. The van der Waals surface area contributed by atoms with Crippen molar-refractivity contribution < 1.29 is 4.79 Å². The van der Waals surface area contributed by atoms with Crippen molar-refractivity contribution in [3.8, 4) is 0 Å². The van der Waals surface area contributed by atoms with Gasteiger partial charge < -0.3 is 5.32 Å². The Morgan fingerprint density at radius 1 is 1.39 bits per heavy atom. The van der Waals surface area contributed by atoms with Crippen LogP contribution in [0.25, 0.3) is 0 Å². The molecule has 0 fully saturated rings. The van der Waals surface area contributed by atoms with E-state index in [2.05, 4.69) is 26.3 Å². The molecule has 0 saturated heterocycles. The molecule has 0 spiro atoms. The van der Waals surface area contributed by atoms with Crippen molar-refractivity contribution in [2.45, 2.75) is 13.5 Å². The number of aryl methyl sites for hydroxylation is 1. The number of nitrogens with one attached hydrogen (secondary N) is 1. The molecule has 0 saturated carbocycles. The Morgan fingerprint density at radius 2 is 2.11 bits per heavy atom. The van der Waals surface area contributed by atoms with Gasteiger partial charge in [0.05, 0.1) is 17.2 Å². The van der Waals surface area contributed by atoms with Crippen LogP contribution in [0.3, 0.4) is 0 Å². The van der Waals surface area contributed by atoms with E-state index in [1.165, 1.54) is 0 Å². The third-order valence-electron chi connectivity index (χ3n) is 2.54. The third kappa shape index (κ3) is 3.43. The molecule has 0 atom stereocenters. The van der Waals surface area contributed by atoms with Crippen LogP contribution in [0, 0.1) is 6.92 Å². The molecule has 0 radical (unpaired) electrons. The summed E-state index contributed by atoms with van der Waals surface area (Å²) < 4.78 is 2.71. The molecular weight excluding hydrogens is 294 g/mol. The molecule has 0 bridgehead atoms. The molecule has 5 heteroatoms. The van der Waals surface area contributed by atoms with Crippen LogP contribution in [-0.2, 0) is 6.54 Å². The van der Waals surface area contributed by atoms with Crippen LogP contribution >= 0.6 is 15.9 Å². The lowest BCUT2D eigenvalue weighted by Gasteiger charge is -2.05. The summed E-state index contributed by atoms with van der Waals surface area (Å²) in [5.41, 5.74) is 1.83. The molecule has 0 aliphatic carbocycles. The molecule has 18 heavy (non-hydrogen) atoms. The van der Waals surface area contributed by atoms with E-state index in [0.717, 1.165) is 10.0 Å². The molecule has 4 nitrogen and oxygen atoms in total. The highest BCUT2D eigenvalue weighted by Gasteiger charge is 2.04. The quantitative estimate of drug-likeness (QED) is 0.942. The van der Waals surface area contributed by atoms with Gasteiger partial charge in [-0.1, -0.05) is 17.7 Å². The fourth-order valence-electron chi connectivity index (χ4n) is 1.55. The molecule has 2 rings (SSSR count). The van der Waals surface area contributed by atoms with E-state index in [1.54, 1.807) is 10.9 Å². The molecule has 0 aliphatic rings. The molecular formula is C13H14BrN3O. The Bertz CT molecular complexity index is 533. The van der Waals surface area contributed by atoms with E-state index < -0.39 is 0 Å². The second kappa shape index (κ2) is 5.82. The van der Waals surface area contributed by atoms with Crippen molar-refractivity contribution in [2.75, 3.05) is 6.54 Å². The zero-order chi connectivity index (χ0) is 13.0. The second-order valence-electron chi connectivity index (χ2n) is 4.04. The minimum Gasteiger partial charge on any atom is -0.350 e. The van der Waals surface area contributed by atoms with Gasteiger partial charge in [0.25, 0.3) is 5.91 Å². The van der Waals surface area contributed by atoms with Crippen LogP contribution in [0.15, 0.2) is 41.1 Å². The van der Waals surface area contributed by atoms with Crippen LogP contribution in [-0.4, -0.2) is 22.2 Å². The molecule has 1 heterocycles. The zero-order valence-corrected chi connectivity index (χ0v) is 11.6. The number of halogens is 1. The normalized spacial score (nSPS) is 10.3. The molecule has 1 N–H and O–H groups in total. The number of rotatable bonds is 4. The summed E-state index contributed by atoms with van der Waals surface area (Å²) in [4.78, 5) is 11.8. The first-order valence-electron chi connectivity index (χ1n) is 5.68. The minimum atomic E-state index is -0.0544. The second-order valence-corrected chi connectivity index (χ2v) is 4.96. The zero-order valence-electron chi connectivity index (χ0n) is 10.1. The maximum Gasteiger partial charge on any atom is 0.251 e. The van der Waals surface area contributed by atoms with E-state index in [0.29, 0.717) is 18.7 Å². The average molecular weight is 308 g/mol. The van der Waals surface area contributed by atoms with Gasteiger partial charge in [0.1, 0.15) is 0 Å². The summed E-state index contributed by atoms with van der Waals surface area (Å²) in [5, 5.41) is 6.98. The molecule has 0 aliphatic heterocycles. The standard InChI is InChI=1S/C13H14BrN3O/c1-10-2-4-11(5-3-10)13(18)15-6-7-17-9-12(14)8-16-17/h2-5,8-9H,6-7H2,1H3,(H,15,18). The molecule has 1 amide bonds. The number of aromatic nitrogens is 2. The van der Waals surface area contributed by atoms with Crippen LogP contribution in [0.1, 0.15) is 15.9 Å². The lowest BCUT2D eigenvalue weighted by atomic mass is 10.1. The van der Waals surface area contributed by atoms with E-state index >= 15 is 0 Å². The maximum atomic E-state index is 11.8. The van der Waals surface area contributed by atoms with E-state index in [4.69, 9.17) is 0 Å². The first-order chi connectivity index (χ1) is 8.65. The summed E-state index contributed by atoms with van der Waals surface area (Å²) in [6, 6.07) is 7.52. The number of carbonyl (C=O) groups excluding carboxylic acids is 1. The first kappa shape index (κ1) is 12.8. The molecule has 94 valence electrons. The monoisotopic (exact) mass is 307 g/mol. The van der Waals surface area contributed by atoms with Gasteiger partial charge in [0.2, 0.25) is 0 Å². The van der Waals surface area contributed by atoms with Crippen LogP contribution in [0.4, 0.5) is 0 Å². The van der Waals surface area contributed by atoms with Gasteiger partial charge in [-0.15, -0.1) is 0 Å². The van der Waals surface area contributed by atoms with Gasteiger partial charge in [-0.05, 0) is 35.0 Å². The SMILES string of the molecule is Cc1ccc(C(=O)NCCn2cc(Br)cn2)cc1. The number of hydrogen-bond acceptors (Lipinski definition) is 2. The van der Waals surface area contributed by atoms with Gasteiger partial charge in [-0.2, -0.15) is 5.10 Å². The third-order valence-corrected chi connectivity index (χ3v) is 2.95. The number of benzene rings is 1. The number of nitrogens with zero attached hydrogens (tertiary/aromatic N) is 2. The average Bonchev–Trinajstić information content (AvgIpc) is 2.76. The summed E-state index contributed by atoms with van der Waals surface area (Å²) in [5.74, 6) is -0.0544. The highest BCUT2D eigenvalue weighted by atomic mass is 79.9. The van der Waals surface area contributed by atoms with Crippen molar-refractivity contribution in [1.29, 1.82) is 0 Å². The van der Waals surface area contributed by atoms with Crippen molar-refractivity contribution in [3.05, 3.63) is 52.3 Å². The van der Waals surface area contributed by atoms with Gasteiger partial charge >= 0.3 is 0 Å². The van der Waals surface area contributed by atoms with E-state index in [9.17, 15) is 4.79 Å². The summed E-state index contributed by atoms with van der Waals surface area (Å²) >= 11 is 3.33. The van der Waals surface area contributed by atoms with Gasteiger partial charge in [0.15, 0.2) is 0 Å². The summed E-state index contributed by atoms with van der Waals surface area (Å²) in [6.07, 6.45) is 3.60. The molecule has 2 aromatic rings. The Morgan fingerprint density at radius 3 is 2.72 bits per heavy atom. The molecule has 1 aromatic heterocycles. The predicted molar refractivity (Wildman–Crippen MR) is 73.4 cm³/mol. The van der Waals surface area contributed by atoms with Crippen molar-refractivity contribution >= 4 is 21.8 Å². The maximum absolute atomic E-state index is 11.8. The lowest BCUT2D eigenvalue weighted by molar-refractivity contribution is 0.0952. The summed E-state index contributed by atoms with van der Waals surface area (Å²) in [7, 11) is 0. The van der Waals surface area contributed by atoms with Crippen LogP contribution in [0.2, 0.25) is 0 Å². The Balaban J connectivity index is 1.83. The number of carbonyl (C=O) groups is 1. The topological polar surface area (TPSA) is 46.9 Å². The Kier molecular flexibility index (Phi) is 4.15. The first-order valence-corrected chi connectivity index (χ1v) is 6.47. The van der Waals surface area contributed by atoms with Crippen molar-refractivity contribution in [2.24, 2.45) is 0 Å². The fourth-order valence-corrected chi connectivity index (χ4v) is 1.88. The number of hydrogen-bond donors (Lipinski definition) is 1. The minimum absolute atomic E-state index is 0.0544. The summed E-state index contributed by atoms with van der Waals surface area (Å²) in [6.45, 7) is 3.21. The highest BCUT2D eigenvalue weighted by Crippen LogP contribution is 2.06. The van der Waals surface area contributed by atoms with Gasteiger partial charge in [-0.3, -0.25) is 9.48 Å². The Labute approximate surface area is 114 Å². The van der Waals surface area contributed by atoms with Crippen molar-refractivity contribution in [3.63, 3.8) is 0 Å². The Hall–Kier alpha value is -1.62. The van der Waals surface area contributed by atoms with Crippen LogP contribution in [0.5, 0.6) is 0 Å². The largest absolute Gasteiger partial charge is 0.350 e. The fraction of sp³-hybridized carbons (Fsp3) is 0.231. The van der Waals surface area contributed by atoms with E-state index in [1.807, 2.05) is 37.4 Å². The highest BCUT2D eigenvalue weighted by molar-refractivity contribution is 9.10. The number of amides is 1. The molecule has 1 aromatic carbocycles.